The molecule has 1 unspecified atom stereocenters. The van der Waals surface area contributed by atoms with E-state index in [0.717, 1.165) is 24.1 Å². The minimum absolute atomic E-state index is 0.0251. The van der Waals surface area contributed by atoms with E-state index in [9.17, 15) is 22.0 Å². The van der Waals surface area contributed by atoms with Gasteiger partial charge in [-0.15, -0.1) is 0 Å². The van der Waals surface area contributed by atoms with E-state index in [1.807, 2.05) is 35.2 Å². The zero-order chi connectivity index (χ0) is 21.6. The van der Waals surface area contributed by atoms with E-state index in [1.54, 1.807) is 0 Å². The minimum atomic E-state index is -3.46. The summed E-state index contributed by atoms with van der Waals surface area (Å²) in [5.41, 5.74) is 1.67. The lowest BCUT2D eigenvalue weighted by Crippen LogP contribution is -2.35. The molecule has 2 aromatic carbocycles. The third kappa shape index (κ3) is 6.52. The summed E-state index contributed by atoms with van der Waals surface area (Å²) in [7, 11) is -3.46. The van der Waals surface area contributed by atoms with Gasteiger partial charge in [0.2, 0.25) is 5.91 Å². The Morgan fingerprint density at radius 1 is 1.10 bits per heavy atom. The molecule has 0 radical (unpaired) electrons. The maximum Gasteiger partial charge on any atom is 0.235 e. The fraction of sp³-hybridized carbons (Fsp3) is 0.409. The average Bonchev–Trinajstić information content (AvgIpc) is 3.18. The molecule has 1 N–H and O–H groups in total. The molecule has 8 heteroatoms. The van der Waals surface area contributed by atoms with E-state index in [2.05, 4.69) is 5.32 Å². The molecule has 30 heavy (non-hydrogen) atoms. The summed E-state index contributed by atoms with van der Waals surface area (Å²) in [6.07, 6.45) is 1.91. The molecule has 0 saturated carbocycles. The summed E-state index contributed by atoms with van der Waals surface area (Å²) >= 11 is 0. The Morgan fingerprint density at radius 3 is 2.60 bits per heavy atom. The Kier molecular flexibility index (Phi) is 7.42. The standard InChI is InChI=1S/C22H26F2N2O3S/c23-20-9-8-19(13-21(20)24)26-11-10-18(15-26)14-25-22(27)16-30(28,29)12-4-7-17-5-2-1-3-6-17/h1-3,5-6,8-9,13,18H,4,7,10-12,14-16H2,(H,25,27). The predicted molar refractivity (Wildman–Crippen MR) is 113 cm³/mol. The smallest absolute Gasteiger partial charge is 0.235 e. The van der Waals surface area contributed by atoms with Gasteiger partial charge in [0.15, 0.2) is 21.5 Å². The molecule has 2 aromatic rings. The van der Waals surface area contributed by atoms with E-state index >= 15 is 0 Å². The Balaban J connectivity index is 1.39. The first-order valence-corrected chi connectivity index (χ1v) is 11.9. The molecular weight excluding hydrogens is 410 g/mol. The molecule has 5 nitrogen and oxygen atoms in total. The number of anilines is 1. The van der Waals surface area contributed by atoms with Crippen LogP contribution in [0.4, 0.5) is 14.5 Å². The molecule has 1 aliphatic heterocycles. The quantitative estimate of drug-likeness (QED) is 0.656. The third-order valence-electron chi connectivity index (χ3n) is 5.26. The number of nitrogens with one attached hydrogen (secondary N) is 1. The van der Waals surface area contributed by atoms with Gasteiger partial charge in [0.1, 0.15) is 5.75 Å². The highest BCUT2D eigenvalue weighted by Gasteiger charge is 2.24. The van der Waals surface area contributed by atoms with Crippen molar-refractivity contribution >= 4 is 21.4 Å². The monoisotopic (exact) mass is 436 g/mol. The fourth-order valence-corrected chi connectivity index (χ4v) is 4.87. The largest absolute Gasteiger partial charge is 0.371 e. The number of carbonyl (C=O) groups is 1. The van der Waals surface area contributed by atoms with Crippen molar-refractivity contribution in [1.82, 2.24) is 5.32 Å². The molecule has 0 aromatic heterocycles. The Bertz CT molecular complexity index is 968. The number of carbonyl (C=O) groups excluding carboxylic acids is 1. The predicted octanol–water partition coefficient (Wildman–Crippen LogP) is 2.95. The van der Waals surface area contributed by atoms with Gasteiger partial charge in [-0.25, -0.2) is 17.2 Å². The van der Waals surface area contributed by atoms with E-state index in [-0.39, 0.29) is 11.7 Å². The second-order valence-electron chi connectivity index (χ2n) is 7.68. The topological polar surface area (TPSA) is 66.5 Å². The number of nitrogens with zero attached hydrogens (tertiary/aromatic N) is 1. The Hall–Kier alpha value is -2.48. The summed E-state index contributed by atoms with van der Waals surface area (Å²) in [5, 5.41) is 2.70. The SMILES string of the molecule is O=C(CS(=O)(=O)CCCc1ccccc1)NCC1CCN(c2ccc(F)c(F)c2)C1. The van der Waals surface area contributed by atoms with Crippen LogP contribution < -0.4 is 10.2 Å². The summed E-state index contributed by atoms with van der Waals surface area (Å²) in [6.45, 7) is 1.62. The molecule has 0 aliphatic carbocycles. The van der Waals surface area contributed by atoms with Gasteiger partial charge < -0.3 is 10.2 Å². The zero-order valence-corrected chi connectivity index (χ0v) is 17.5. The minimum Gasteiger partial charge on any atom is -0.371 e. The molecule has 1 heterocycles. The number of sulfone groups is 1. The van der Waals surface area contributed by atoms with Crippen LogP contribution in [0.25, 0.3) is 0 Å². The first-order valence-electron chi connectivity index (χ1n) is 10.0. The van der Waals surface area contributed by atoms with Crippen molar-refractivity contribution in [1.29, 1.82) is 0 Å². The summed E-state index contributed by atoms with van der Waals surface area (Å²) < 4.78 is 50.9. The van der Waals surface area contributed by atoms with Crippen molar-refractivity contribution in [2.45, 2.75) is 19.3 Å². The zero-order valence-electron chi connectivity index (χ0n) is 16.7. The number of amides is 1. The van der Waals surface area contributed by atoms with Gasteiger partial charge in [0.05, 0.1) is 5.75 Å². The van der Waals surface area contributed by atoms with Crippen LogP contribution in [0.5, 0.6) is 0 Å². The van der Waals surface area contributed by atoms with Crippen LogP contribution >= 0.6 is 0 Å². The molecule has 1 aliphatic rings. The highest BCUT2D eigenvalue weighted by molar-refractivity contribution is 7.92. The third-order valence-corrected chi connectivity index (χ3v) is 6.87. The molecular formula is C22H26F2N2O3S. The summed E-state index contributed by atoms with van der Waals surface area (Å²) in [6, 6.07) is 13.4. The van der Waals surface area contributed by atoms with Crippen molar-refractivity contribution in [3.63, 3.8) is 0 Å². The lowest BCUT2D eigenvalue weighted by atomic mass is 10.1. The van der Waals surface area contributed by atoms with E-state index in [1.165, 1.54) is 6.07 Å². The first-order chi connectivity index (χ1) is 14.3. The van der Waals surface area contributed by atoms with Crippen LogP contribution in [0, 0.1) is 17.6 Å². The number of hydrogen-bond acceptors (Lipinski definition) is 4. The highest BCUT2D eigenvalue weighted by Crippen LogP contribution is 2.25. The van der Waals surface area contributed by atoms with Crippen LogP contribution in [0.1, 0.15) is 18.4 Å². The average molecular weight is 437 g/mol. The van der Waals surface area contributed by atoms with Crippen LogP contribution in [-0.4, -0.2) is 45.5 Å². The van der Waals surface area contributed by atoms with E-state index in [4.69, 9.17) is 0 Å². The van der Waals surface area contributed by atoms with E-state index < -0.39 is 33.1 Å². The summed E-state index contributed by atoms with van der Waals surface area (Å²) in [4.78, 5) is 14.0. The van der Waals surface area contributed by atoms with Crippen molar-refractivity contribution in [2.75, 3.05) is 36.0 Å². The normalized spacial score (nSPS) is 16.6. The molecule has 3 rings (SSSR count). The molecule has 1 saturated heterocycles. The number of rotatable bonds is 9. The van der Waals surface area contributed by atoms with Crippen LogP contribution in [0.2, 0.25) is 0 Å². The fourth-order valence-electron chi connectivity index (χ4n) is 3.64. The van der Waals surface area contributed by atoms with Crippen LogP contribution in [0.15, 0.2) is 48.5 Å². The van der Waals surface area contributed by atoms with Gasteiger partial charge in [-0.3, -0.25) is 4.79 Å². The van der Waals surface area contributed by atoms with Gasteiger partial charge in [-0.05, 0) is 42.9 Å². The van der Waals surface area contributed by atoms with Gasteiger partial charge in [0, 0.05) is 31.4 Å². The molecule has 0 bridgehead atoms. The lowest BCUT2D eigenvalue weighted by molar-refractivity contribution is -0.118. The van der Waals surface area contributed by atoms with Gasteiger partial charge in [-0.1, -0.05) is 30.3 Å². The Morgan fingerprint density at radius 2 is 1.87 bits per heavy atom. The highest BCUT2D eigenvalue weighted by atomic mass is 32.2. The van der Waals surface area contributed by atoms with Gasteiger partial charge in [-0.2, -0.15) is 0 Å². The number of aryl methyl sites for hydroxylation is 1. The van der Waals surface area contributed by atoms with Gasteiger partial charge >= 0.3 is 0 Å². The second kappa shape index (κ2) is 10.0. The van der Waals surface area contributed by atoms with E-state index in [0.29, 0.717) is 38.2 Å². The van der Waals surface area contributed by atoms with Crippen molar-refractivity contribution < 1.29 is 22.0 Å². The van der Waals surface area contributed by atoms with Crippen LogP contribution in [0.3, 0.4) is 0 Å². The molecule has 1 fully saturated rings. The first kappa shape index (κ1) is 22.2. The maximum atomic E-state index is 13.4. The number of benzene rings is 2. The van der Waals surface area contributed by atoms with Crippen molar-refractivity contribution in [3.05, 3.63) is 65.7 Å². The number of halogens is 2. The number of hydrogen-bond donors (Lipinski definition) is 1. The molecule has 1 amide bonds. The van der Waals surface area contributed by atoms with Crippen molar-refractivity contribution in [3.8, 4) is 0 Å². The summed E-state index contributed by atoms with van der Waals surface area (Å²) in [5.74, 6) is -2.68. The molecule has 0 spiro atoms. The van der Waals surface area contributed by atoms with Crippen LogP contribution in [-0.2, 0) is 21.1 Å². The maximum absolute atomic E-state index is 13.4. The Labute approximate surface area is 176 Å². The molecule has 1 atom stereocenters. The molecule has 162 valence electrons. The van der Waals surface area contributed by atoms with Gasteiger partial charge in [0.25, 0.3) is 0 Å². The van der Waals surface area contributed by atoms with Crippen molar-refractivity contribution in [2.24, 2.45) is 5.92 Å². The second-order valence-corrected chi connectivity index (χ2v) is 9.87. The lowest BCUT2D eigenvalue weighted by Gasteiger charge is -2.19.